The summed E-state index contributed by atoms with van der Waals surface area (Å²) in [5.41, 5.74) is 6.72. The molecule has 4 aromatic rings. The van der Waals surface area contributed by atoms with Gasteiger partial charge in [0.2, 0.25) is 0 Å². The molecule has 5 rings (SSSR count). The maximum atomic E-state index is 11.0. The molecule has 6 nitrogen and oxygen atoms in total. The Bertz CT molecular complexity index is 1590. The summed E-state index contributed by atoms with van der Waals surface area (Å²) in [7, 11) is 5.41. The number of hydrogen-bond acceptors (Lipinski definition) is 5. The molecular formula is C33H35N4O2P. The van der Waals surface area contributed by atoms with Crippen LogP contribution in [-0.4, -0.2) is 58.3 Å². The maximum Gasteiger partial charge on any atom is 0.137 e. The van der Waals surface area contributed by atoms with Gasteiger partial charge < -0.3 is 14.7 Å². The SMILES string of the molecule is COc1c(-c2ccc(N3CC(C)N(C(C)=P)C(C(C)(C)O)C3)cc2)cnc2c(-c3ccc(C#N)cc3)cccc12. The molecule has 0 amide bonds. The fourth-order valence-electron chi connectivity index (χ4n) is 5.86. The standard InChI is InChI=1S/C33H35N4O2P/c1-21-19-36(20-30(33(3,4)38)37(21)22(2)40)26-15-13-25(14-16-26)29-18-35-31-27(7-6-8-28(31)32(29)39-5)24-11-9-23(17-34)10-12-24/h6-16,18,21,30,38,40H,19-20H2,1-5H3. The predicted molar refractivity (Wildman–Crippen MR) is 166 cm³/mol. The Morgan fingerprint density at radius 1 is 1.02 bits per heavy atom. The molecule has 1 N–H and O–H groups in total. The molecule has 0 radical (unpaired) electrons. The van der Waals surface area contributed by atoms with E-state index < -0.39 is 5.60 Å². The Balaban J connectivity index is 1.48. The number of hydrogen-bond donors (Lipinski definition) is 1. The summed E-state index contributed by atoms with van der Waals surface area (Å²) in [6.45, 7) is 9.56. The van der Waals surface area contributed by atoms with Crippen LogP contribution >= 0.6 is 8.86 Å². The zero-order valence-corrected chi connectivity index (χ0v) is 24.6. The lowest BCUT2D eigenvalue weighted by Crippen LogP contribution is -2.65. The van der Waals surface area contributed by atoms with Crippen molar-refractivity contribution in [2.24, 2.45) is 0 Å². The number of ether oxygens (including phenoxy) is 1. The minimum absolute atomic E-state index is 0.0523. The topological polar surface area (TPSA) is 72.6 Å². The molecule has 204 valence electrons. The number of piperazine rings is 1. The average molecular weight is 551 g/mol. The molecular weight excluding hydrogens is 515 g/mol. The van der Waals surface area contributed by atoms with E-state index in [9.17, 15) is 5.11 Å². The number of fused-ring (bicyclic) bond motifs is 1. The fourth-order valence-corrected chi connectivity index (χ4v) is 6.23. The van der Waals surface area contributed by atoms with Crippen LogP contribution in [0.3, 0.4) is 0 Å². The number of rotatable bonds is 6. The molecule has 40 heavy (non-hydrogen) atoms. The number of methoxy groups -OCH3 is 1. The van der Waals surface area contributed by atoms with Crippen LogP contribution in [0.25, 0.3) is 33.2 Å². The summed E-state index contributed by atoms with van der Waals surface area (Å²) in [5.74, 6) is 0.778. The average Bonchev–Trinajstić information content (AvgIpc) is 2.95. The van der Waals surface area contributed by atoms with Crippen molar-refractivity contribution in [2.45, 2.75) is 45.4 Å². The van der Waals surface area contributed by atoms with E-state index >= 15 is 0 Å². The molecule has 0 aliphatic carbocycles. The third-order valence-corrected chi connectivity index (χ3v) is 8.07. The van der Waals surface area contributed by atoms with E-state index in [2.05, 4.69) is 55.9 Å². The number of benzene rings is 3. The van der Waals surface area contributed by atoms with E-state index in [4.69, 9.17) is 15.0 Å². The number of para-hydroxylation sites is 1. The van der Waals surface area contributed by atoms with Gasteiger partial charge in [-0.05, 0) is 69.2 Å². The predicted octanol–water partition coefficient (Wildman–Crippen LogP) is 6.39. The van der Waals surface area contributed by atoms with Gasteiger partial charge in [-0.25, -0.2) is 0 Å². The van der Waals surface area contributed by atoms with E-state index in [1.807, 2.05) is 69.4 Å². The number of pyridine rings is 1. The van der Waals surface area contributed by atoms with E-state index in [0.29, 0.717) is 12.1 Å². The summed E-state index contributed by atoms with van der Waals surface area (Å²) in [6.07, 6.45) is 1.88. The molecule has 1 aliphatic heterocycles. The highest BCUT2D eigenvalue weighted by molar-refractivity contribution is 7.20. The van der Waals surface area contributed by atoms with Gasteiger partial charge in [-0.2, -0.15) is 5.26 Å². The summed E-state index contributed by atoms with van der Waals surface area (Å²) in [4.78, 5) is 9.50. The number of anilines is 1. The van der Waals surface area contributed by atoms with Gasteiger partial charge in [0.1, 0.15) is 5.75 Å². The number of aromatic nitrogens is 1. The van der Waals surface area contributed by atoms with Crippen molar-refractivity contribution in [3.05, 3.63) is 78.5 Å². The second-order valence-corrected chi connectivity index (χ2v) is 11.8. The first-order valence-corrected chi connectivity index (χ1v) is 14.0. The summed E-state index contributed by atoms with van der Waals surface area (Å²) < 4.78 is 5.95. The molecule has 1 aliphatic rings. The van der Waals surface area contributed by atoms with Crippen molar-refractivity contribution in [1.82, 2.24) is 9.88 Å². The lowest BCUT2D eigenvalue weighted by Gasteiger charge is -2.50. The Labute approximate surface area is 238 Å². The Morgan fingerprint density at radius 3 is 2.27 bits per heavy atom. The Hall–Kier alpha value is -3.75. The highest BCUT2D eigenvalue weighted by Crippen LogP contribution is 2.39. The van der Waals surface area contributed by atoms with Gasteiger partial charge in [-0.15, -0.1) is 8.86 Å². The zero-order chi connectivity index (χ0) is 28.6. The summed E-state index contributed by atoms with van der Waals surface area (Å²) in [5, 5.41) is 21.1. The molecule has 1 aromatic heterocycles. The molecule has 2 unspecified atom stereocenters. The largest absolute Gasteiger partial charge is 0.495 e. The van der Waals surface area contributed by atoms with Crippen LogP contribution in [0.15, 0.2) is 72.9 Å². The van der Waals surface area contributed by atoms with Gasteiger partial charge in [0.15, 0.2) is 0 Å². The van der Waals surface area contributed by atoms with Crippen molar-refractivity contribution >= 4 is 30.9 Å². The molecule has 3 aromatic carbocycles. The Morgan fingerprint density at radius 2 is 1.68 bits per heavy atom. The van der Waals surface area contributed by atoms with Crippen LogP contribution in [-0.2, 0) is 0 Å². The molecule has 2 heterocycles. The van der Waals surface area contributed by atoms with Gasteiger partial charge in [0.05, 0.1) is 35.9 Å². The minimum Gasteiger partial charge on any atom is -0.495 e. The van der Waals surface area contributed by atoms with Gasteiger partial charge in [0.25, 0.3) is 0 Å². The van der Waals surface area contributed by atoms with Crippen molar-refractivity contribution in [2.75, 3.05) is 25.1 Å². The molecule has 0 bridgehead atoms. The van der Waals surface area contributed by atoms with Crippen LogP contribution in [0.5, 0.6) is 5.75 Å². The first kappa shape index (κ1) is 27.8. The Kier molecular flexibility index (Phi) is 7.66. The van der Waals surface area contributed by atoms with Crippen LogP contribution in [0, 0.1) is 11.3 Å². The molecule has 0 spiro atoms. The number of nitriles is 1. The molecule has 1 fully saturated rings. The minimum atomic E-state index is -0.860. The smallest absolute Gasteiger partial charge is 0.137 e. The van der Waals surface area contributed by atoms with Crippen molar-refractivity contribution in [3.8, 4) is 34.1 Å². The van der Waals surface area contributed by atoms with E-state index in [0.717, 1.165) is 56.6 Å². The van der Waals surface area contributed by atoms with Crippen molar-refractivity contribution < 1.29 is 9.84 Å². The highest BCUT2D eigenvalue weighted by Gasteiger charge is 2.40. The second-order valence-electron chi connectivity index (χ2n) is 11.1. The van der Waals surface area contributed by atoms with Crippen LogP contribution in [0.2, 0.25) is 0 Å². The molecule has 7 heteroatoms. The number of nitrogens with zero attached hydrogens (tertiary/aromatic N) is 4. The lowest BCUT2D eigenvalue weighted by atomic mass is 9.92. The maximum absolute atomic E-state index is 11.0. The third kappa shape index (κ3) is 5.21. The quantitative estimate of drug-likeness (QED) is 0.281. The first-order valence-electron chi connectivity index (χ1n) is 13.5. The highest BCUT2D eigenvalue weighted by atomic mass is 31.0. The first-order chi connectivity index (χ1) is 19.1. The van der Waals surface area contributed by atoms with Gasteiger partial charge >= 0.3 is 0 Å². The monoisotopic (exact) mass is 550 g/mol. The van der Waals surface area contributed by atoms with Gasteiger partial charge in [-0.1, -0.05) is 36.4 Å². The van der Waals surface area contributed by atoms with Crippen LogP contribution in [0.4, 0.5) is 5.69 Å². The van der Waals surface area contributed by atoms with Crippen molar-refractivity contribution in [1.29, 1.82) is 5.26 Å². The molecule has 0 saturated carbocycles. The number of aliphatic hydroxyl groups is 1. The lowest BCUT2D eigenvalue weighted by molar-refractivity contribution is -0.0101. The molecule has 2 atom stereocenters. The molecule has 1 saturated heterocycles. The normalized spacial score (nSPS) is 18.0. The van der Waals surface area contributed by atoms with Gasteiger partial charge in [-0.3, -0.25) is 9.88 Å². The van der Waals surface area contributed by atoms with Gasteiger partial charge in [0, 0.05) is 52.9 Å². The third-order valence-electron chi connectivity index (χ3n) is 7.81. The van der Waals surface area contributed by atoms with E-state index in [-0.39, 0.29) is 12.1 Å². The van der Waals surface area contributed by atoms with E-state index in [1.54, 1.807) is 7.11 Å². The summed E-state index contributed by atoms with van der Waals surface area (Å²) in [6, 6.07) is 24.5. The van der Waals surface area contributed by atoms with Crippen molar-refractivity contribution in [3.63, 3.8) is 0 Å². The van der Waals surface area contributed by atoms with E-state index in [1.165, 1.54) is 0 Å². The van der Waals surface area contributed by atoms with Crippen LogP contribution < -0.4 is 9.64 Å². The van der Waals surface area contributed by atoms with Crippen LogP contribution in [0.1, 0.15) is 33.3 Å². The summed E-state index contributed by atoms with van der Waals surface area (Å²) >= 11 is 0. The zero-order valence-electron chi connectivity index (χ0n) is 23.6. The second kappa shape index (κ2) is 11.0. The fraction of sp³-hybridized carbons (Fsp3) is 0.303.